The van der Waals surface area contributed by atoms with Gasteiger partial charge in [0.15, 0.2) is 0 Å². The van der Waals surface area contributed by atoms with Crippen molar-refractivity contribution in [2.24, 2.45) is 5.92 Å². The molecule has 2 aliphatic heterocycles. The Morgan fingerprint density at radius 1 is 0.920 bits per heavy atom. The largest absolute Gasteiger partial charge is 0.426 e. The van der Waals surface area contributed by atoms with Gasteiger partial charge in [-0.3, -0.25) is 4.79 Å². The summed E-state index contributed by atoms with van der Waals surface area (Å²) in [6, 6.07) is 17.4. The van der Waals surface area contributed by atoms with E-state index in [0.717, 1.165) is 21.8 Å². The molecule has 0 fully saturated rings. The molecule has 5 rings (SSSR count). The van der Waals surface area contributed by atoms with Crippen molar-refractivity contribution in [3.8, 4) is 5.75 Å². The summed E-state index contributed by atoms with van der Waals surface area (Å²) in [4.78, 5) is 30.5. The summed E-state index contributed by atoms with van der Waals surface area (Å²) in [5.74, 6) is -0.294. The zero-order valence-corrected chi connectivity index (χ0v) is 13.9. The van der Waals surface area contributed by atoms with Crippen molar-refractivity contribution in [2.45, 2.75) is 16.2 Å². The Morgan fingerprint density at radius 3 is 2.52 bits per heavy atom. The zero-order chi connectivity index (χ0) is 17.0. The number of fused-ring (bicyclic) bond motifs is 5. The lowest BCUT2D eigenvalue weighted by molar-refractivity contribution is -0.141. The number of carbonyl (C=O) groups excluding carboxylic acids is 1. The maximum Gasteiger partial charge on any atom is 0.323 e. The number of hydrogen-bond acceptors (Lipinski definition) is 4. The molecule has 3 atom stereocenters. The molecule has 0 amide bonds. The highest BCUT2D eigenvalue weighted by Crippen LogP contribution is 2.57. The van der Waals surface area contributed by atoms with E-state index < -0.39 is 0 Å². The van der Waals surface area contributed by atoms with Gasteiger partial charge in [0, 0.05) is 11.5 Å². The molecule has 6 heteroatoms. The third-order valence-electron chi connectivity index (χ3n) is 4.83. The van der Waals surface area contributed by atoms with E-state index in [4.69, 9.17) is 4.74 Å². The van der Waals surface area contributed by atoms with Crippen LogP contribution in [-0.2, 0) is 4.79 Å². The van der Waals surface area contributed by atoms with Gasteiger partial charge in [-0.2, -0.15) is 0 Å². The third-order valence-corrected chi connectivity index (χ3v) is 6.20. The van der Waals surface area contributed by atoms with Crippen LogP contribution in [0, 0.1) is 5.92 Å². The van der Waals surface area contributed by atoms with Crippen LogP contribution in [0.3, 0.4) is 0 Å². The maximum atomic E-state index is 12.9. The molecule has 5 nitrogen and oxygen atoms in total. The molecule has 3 aromatic rings. The molecular formula is C19H14N2O3S. The summed E-state index contributed by atoms with van der Waals surface area (Å²) in [7, 11) is 0. The number of carbonyl (C=O) groups is 1. The summed E-state index contributed by atoms with van der Waals surface area (Å²) in [5, 5.41) is 0.676. The number of aromatic nitrogens is 2. The molecule has 0 bridgehead atoms. The molecule has 1 aromatic heterocycles. The van der Waals surface area contributed by atoms with E-state index in [0.29, 0.717) is 5.75 Å². The molecule has 2 aromatic carbocycles. The van der Waals surface area contributed by atoms with E-state index in [1.807, 2.05) is 48.5 Å². The highest BCUT2D eigenvalue weighted by Gasteiger charge is 2.49. The van der Waals surface area contributed by atoms with Crippen LogP contribution in [0.25, 0.3) is 0 Å². The predicted molar refractivity (Wildman–Crippen MR) is 93.9 cm³/mol. The number of ether oxygens (including phenoxy) is 1. The van der Waals surface area contributed by atoms with E-state index >= 15 is 0 Å². The second kappa shape index (κ2) is 5.39. The van der Waals surface area contributed by atoms with Gasteiger partial charge in [0.1, 0.15) is 5.75 Å². The lowest BCUT2D eigenvalue weighted by atomic mass is 9.77. The van der Waals surface area contributed by atoms with Gasteiger partial charge in [-0.1, -0.05) is 60.3 Å². The molecule has 0 unspecified atom stereocenters. The Morgan fingerprint density at radius 2 is 1.68 bits per heavy atom. The van der Waals surface area contributed by atoms with Crippen molar-refractivity contribution in [3.05, 3.63) is 81.9 Å². The van der Waals surface area contributed by atoms with Crippen LogP contribution < -0.4 is 10.4 Å². The molecule has 0 spiro atoms. The van der Waals surface area contributed by atoms with E-state index in [1.54, 1.807) is 6.07 Å². The number of aromatic amines is 2. The first kappa shape index (κ1) is 14.6. The van der Waals surface area contributed by atoms with Crippen LogP contribution >= 0.6 is 11.8 Å². The molecule has 0 radical (unpaired) electrons. The van der Waals surface area contributed by atoms with Gasteiger partial charge in [-0.15, -0.1) is 0 Å². The van der Waals surface area contributed by atoms with Gasteiger partial charge < -0.3 is 14.7 Å². The fraction of sp³-hybridized carbons (Fsp3) is 0.158. The van der Waals surface area contributed by atoms with Crippen molar-refractivity contribution in [3.63, 3.8) is 0 Å². The monoisotopic (exact) mass is 350 g/mol. The van der Waals surface area contributed by atoms with Crippen molar-refractivity contribution < 1.29 is 9.53 Å². The van der Waals surface area contributed by atoms with E-state index in [-0.39, 0.29) is 28.7 Å². The smallest absolute Gasteiger partial charge is 0.323 e. The number of hydrogen-bond donors (Lipinski definition) is 2. The molecule has 0 saturated carbocycles. The third kappa shape index (κ3) is 2.17. The molecule has 0 saturated heterocycles. The normalized spacial score (nSPS) is 24.0. The first-order valence-corrected chi connectivity index (χ1v) is 8.95. The lowest BCUT2D eigenvalue weighted by Crippen LogP contribution is -2.38. The maximum absolute atomic E-state index is 12.9. The number of esters is 1. The Balaban J connectivity index is 1.75. The van der Waals surface area contributed by atoms with Crippen molar-refractivity contribution in [1.29, 1.82) is 0 Å². The van der Waals surface area contributed by atoms with Gasteiger partial charge in [0.25, 0.3) is 0 Å². The summed E-state index contributed by atoms with van der Waals surface area (Å²) >= 11 is 1.51. The summed E-state index contributed by atoms with van der Waals surface area (Å²) in [5.41, 5.74) is 2.51. The first-order valence-electron chi connectivity index (χ1n) is 8.07. The number of imidazole rings is 1. The first-order chi connectivity index (χ1) is 12.2. The average Bonchev–Trinajstić information content (AvgIpc) is 3.01. The minimum atomic E-state index is -0.388. The van der Waals surface area contributed by atoms with Crippen LogP contribution in [0.2, 0.25) is 0 Å². The summed E-state index contributed by atoms with van der Waals surface area (Å²) < 4.78 is 5.62. The topological polar surface area (TPSA) is 75.0 Å². The van der Waals surface area contributed by atoms with Crippen LogP contribution in [0.5, 0.6) is 5.75 Å². The SMILES string of the molecule is O=C1Oc2ccccc2[C@@H]2c3[nH]c(=O)[nH]c3S[C@@H](c3ccccc3)[C@@H]12. The fourth-order valence-electron chi connectivity index (χ4n) is 3.78. The number of thioether (sulfide) groups is 1. The van der Waals surface area contributed by atoms with Crippen LogP contribution in [0.4, 0.5) is 0 Å². The van der Waals surface area contributed by atoms with Gasteiger partial charge in [-0.25, -0.2) is 4.79 Å². The minimum absolute atomic E-state index is 0.119. The van der Waals surface area contributed by atoms with Crippen LogP contribution in [0.15, 0.2) is 64.4 Å². The summed E-state index contributed by atoms with van der Waals surface area (Å²) in [6.07, 6.45) is 0. The van der Waals surface area contributed by atoms with Crippen molar-refractivity contribution in [1.82, 2.24) is 9.97 Å². The van der Waals surface area contributed by atoms with Gasteiger partial charge >= 0.3 is 11.7 Å². The Hall–Kier alpha value is -2.73. The zero-order valence-electron chi connectivity index (χ0n) is 13.1. The molecule has 2 N–H and O–H groups in total. The molecule has 2 aliphatic rings. The fourth-order valence-corrected chi connectivity index (χ4v) is 5.20. The molecule has 0 aliphatic carbocycles. The van der Waals surface area contributed by atoms with Gasteiger partial charge in [0.05, 0.1) is 21.9 Å². The highest BCUT2D eigenvalue weighted by atomic mass is 32.2. The quantitative estimate of drug-likeness (QED) is 0.522. The number of rotatable bonds is 1. The van der Waals surface area contributed by atoms with Crippen molar-refractivity contribution >= 4 is 17.7 Å². The molecule has 124 valence electrons. The van der Waals surface area contributed by atoms with E-state index in [2.05, 4.69) is 9.97 Å². The van der Waals surface area contributed by atoms with Gasteiger partial charge in [-0.05, 0) is 11.6 Å². The Kier molecular flexibility index (Phi) is 3.15. The second-order valence-electron chi connectivity index (χ2n) is 6.23. The number of para-hydroxylation sites is 1. The number of nitrogens with one attached hydrogen (secondary N) is 2. The minimum Gasteiger partial charge on any atom is -0.426 e. The van der Waals surface area contributed by atoms with Crippen LogP contribution in [0.1, 0.15) is 28.0 Å². The van der Waals surface area contributed by atoms with Crippen LogP contribution in [-0.4, -0.2) is 15.9 Å². The highest BCUT2D eigenvalue weighted by molar-refractivity contribution is 7.99. The Labute approximate surface area is 147 Å². The summed E-state index contributed by atoms with van der Waals surface area (Å²) in [6.45, 7) is 0. The molecular weight excluding hydrogens is 336 g/mol. The number of H-pyrrole nitrogens is 2. The predicted octanol–water partition coefficient (Wildman–Crippen LogP) is 3.22. The lowest BCUT2D eigenvalue weighted by Gasteiger charge is -2.39. The Bertz CT molecular complexity index is 1020. The van der Waals surface area contributed by atoms with E-state index in [9.17, 15) is 9.59 Å². The molecule has 3 heterocycles. The van der Waals surface area contributed by atoms with Gasteiger partial charge in [0.2, 0.25) is 0 Å². The number of benzene rings is 2. The van der Waals surface area contributed by atoms with Crippen molar-refractivity contribution in [2.75, 3.05) is 0 Å². The average molecular weight is 350 g/mol. The van der Waals surface area contributed by atoms with E-state index in [1.165, 1.54) is 11.8 Å². The molecule has 25 heavy (non-hydrogen) atoms. The standard InChI is InChI=1S/C19H14N2O3S/c22-18-14-13(11-8-4-5-9-12(11)24-18)15-17(21-19(23)20-15)25-16(14)10-6-2-1-3-7-10/h1-9,13-14,16H,(H2,20,21,23)/t13-,14-,16-/m0/s1. The second-order valence-corrected chi connectivity index (χ2v) is 7.39.